The van der Waals surface area contributed by atoms with E-state index >= 15 is 0 Å². The molecule has 2 rings (SSSR count). The van der Waals surface area contributed by atoms with Gasteiger partial charge in [0.1, 0.15) is 0 Å². The third-order valence-corrected chi connectivity index (χ3v) is 3.71. The number of fused-ring (bicyclic) bond motifs is 1. The average molecular weight is 280 g/mol. The van der Waals surface area contributed by atoms with Crippen LogP contribution in [0.4, 0.5) is 0 Å². The highest BCUT2D eigenvalue weighted by Gasteiger charge is 2.36. The number of hydrogen-bond acceptors (Lipinski definition) is 3. The van der Waals surface area contributed by atoms with Crippen LogP contribution >= 0.6 is 24.6 Å². The molecule has 2 aliphatic rings. The van der Waals surface area contributed by atoms with Crippen molar-refractivity contribution in [1.29, 1.82) is 0 Å². The zero-order valence-corrected chi connectivity index (χ0v) is 11.4. The molecule has 2 atom stereocenters. The van der Waals surface area contributed by atoms with Crippen LogP contribution in [0.3, 0.4) is 0 Å². The number of carbonyl (C=O) groups is 1. The predicted octanol–water partition coefficient (Wildman–Crippen LogP) is 0.00320. The van der Waals surface area contributed by atoms with Crippen LogP contribution in [0.25, 0.3) is 0 Å². The molecule has 0 aromatic carbocycles. The number of nitrogens with one attached hydrogen (secondary N) is 1. The lowest BCUT2D eigenvalue weighted by Crippen LogP contribution is -2.49. The lowest BCUT2D eigenvalue weighted by Gasteiger charge is -2.30. The lowest BCUT2D eigenvalue weighted by molar-refractivity contribution is -0.141. The van der Waals surface area contributed by atoms with Gasteiger partial charge in [0.25, 0.3) is 0 Å². The Morgan fingerprint density at radius 1 is 1.71 bits per heavy atom. The Labute approximate surface area is 113 Å². The van der Waals surface area contributed by atoms with Gasteiger partial charge >= 0.3 is 5.97 Å². The Kier molecular flexibility index (Phi) is 4.97. The summed E-state index contributed by atoms with van der Waals surface area (Å²) in [5.41, 5.74) is 0. The van der Waals surface area contributed by atoms with Gasteiger partial charge in [0.15, 0.2) is 5.11 Å². The van der Waals surface area contributed by atoms with Gasteiger partial charge in [-0.2, -0.15) is 0 Å². The molecular formula is C10H18ClN3O2S. The molecule has 98 valence electrons. The molecule has 5 nitrogen and oxygen atoms in total. The van der Waals surface area contributed by atoms with Gasteiger partial charge < -0.3 is 20.2 Å². The number of carboxylic acids is 1. The molecule has 0 aromatic rings. The minimum absolute atomic E-state index is 0. The molecular weight excluding hydrogens is 262 g/mol. The number of rotatable bonds is 3. The molecule has 17 heavy (non-hydrogen) atoms. The monoisotopic (exact) mass is 279 g/mol. The van der Waals surface area contributed by atoms with Crippen molar-refractivity contribution >= 4 is 35.7 Å². The number of carboxylic acid groups (broad SMARTS) is 1. The number of halogens is 1. The summed E-state index contributed by atoms with van der Waals surface area (Å²) >= 11 is 5.37. The maximum Gasteiger partial charge on any atom is 0.308 e. The van der Waals surface area contributed by atoms with Gasteiger partial charge in [0.2, 0.25) is 0 Å². The van der Waals surface area contributed by atoms with E-state index in [4.69, 9.17) is 17.3 Å². The van der Waals surface area contributed by atoms with Gasteiger partial charge in [0, 0.05) is 32.7 Å². The smallest absolute Gasteiger partial charge is 0.308 e. The molecule has 2 N–H and O–H groups in total. The summed E-state index contributed by atoms with van der Waals surface area (Å²) < 4.78 is 0. The van der Waals surface area contributed by atoms with Crippen molar-refractivity contribution < 1.29 is 9.90 Å². The minimum Gasteiger partial charge on any atom is -0.481 e. The lowest BCUT2D eigenvalue weighted by atomic mass is 10.1. The Morgan fingerprint density at radius 3 is 3.00 bits per heavy atom. The van der Waals surface area contributed by atoms with Crippen LogP contribution in [0.15, 0.2) is 0 Å². The van der Waals surface area contributed by atoms with Crippen LogP contribution in [0, 0.1) is 5.92 Å². The van der Waals surface area contributed by atoms with Crippen LogP contribution in [0.2, 0.25) is 0 Å². The first-order valence-corrected chi connectivity index (χ1v) is 5.99. The van der Waals surface area contributed by atoms with Crippen molar-refractivity contribution in [2.24, 2.45) is 5.92 Å². The molecule has 2 saturated heterocycles. The predicted molar refractivity (Wildman–Crippen MR) is 71.6 cm³/mol. The van der Waals surface area contributed by atoms with Crippen LogP contribution in [-0.2, 0) is 4.79 Å². The first-order chi connectivity index (χ1) is 7.59. The topological polar surface area (TPSA) is 55.8 Å². The Morgan fingerprint density at radius 2 is 2.41 bits per heavy atom. The number of thiocarbonyl (C=S) groups is 1. The zero-order chi connectivity index (χ0) is 11.7. The standard InChI is InChI=1S/C10H17N3O2S.ClH/c1-7(9(14)15)5-12-6-8-4-11-2-3-13(8)10(12)16;/h7-8,11H,2-6H2,1H3,(H,14,15);1H/t7?,8-;/m0./s1. The Hall–Kier alpha value is -0.590. The first-order valence-electron chi connectivity index (χ1n) is 5.58. The van der Waals surface area contributed by atoms with Crippen molar-refractivity contribution in [1.82, 2.24) is 15.1 Å². The molecule has 0 saturated carbocycles. The average Bonchev–Trinajstić information content (AvgIpc) is 2.56. The van der Waals surface area contributed by atoms with E-state index in [9.17, 15) is 4.79 Å². The molecule has 2 fully saturated rings. The summed E-state index contributed by atoms with van der Waals surface area (Å²) in [5, 5.41) is 13.0. The summed E-state index contributed by atoms with van der Waals surface area (Å²) in [6.07, 6.45) is 0. The summed E-state index contributed by atoms with van der Waals surface area (Å²) in [4.78, 5) is 15.0. The van der Waals surface area contributed by atoms with E-state index < -0.39 is 5.97 Å². The van der Waals surface area contributed by atoms with Gasteiger partial charge in [-0.15, -0.1) is 12.4 Å². The van der Waals surface area contributed by atoms with Gasteiger partial charge in [0.05, 0.1) is 12.0 Å². The van der Waals surface area contributed by atoms with E-state index in [2.05, 4.69) is 10.2 Å². The summed E-state index contributed by atoms with van der Waals surface area (Å²) in [5.74, 6) is -1.13. The van der Waals surface area contributed by atoms with Crippen molar-refractivity contribution in [2.75, 3.05) is 32.7 Å². The molecule has 2 heterocycles. The quantitative estimate of drug-likeness (QED) is 0.710. The maximum atomic E-state index is 10.8. The van der Waals surface area contributed by atoms with E-state index in [-0.39, 0.29) is 18.3 Å². The second-order valence-electron chi connectivity index (χ2n) is 4.48. The maximum absolute atomic E-state index is 10.8. The SMILES string of the molecule is CC(CN1C[C@@H]2CNCCN2C1=S)C(=O)O.Cl. The third-order valence-electron chi connectivity index (χ3n) is 3.21. The van der Waals surface area contributed by atoms with Crippen molar-refractivity contribution in [3.63, 3.8) is 0 Å². The summed E-state index contributed by atoms with van der Waals surface area (Å²) in [6, 6.07) is 0.419. The molecule has 2 aliphatic heterocycles. The molecule has 0 aromatic heterocycles. The number of piperazine rings is 1. The molecule has 0 aliphatic carbocycles. The Balaban J connectivity index is 0.00000144. The molecule has 0 spiro atoms. The fourth-order valence-corrected chi connectivity index (χ4v) is 2.64. The molecule has 1 unspecified atom stereocenters. The second kappa shape index (κ2) is 5.84. The summed E-state index contributed by atoms with van der Waals surface area (Å²) in [7, 11) is 0. The van der Waals surface area contributed by atoms with Crippen LogP contribution in [0.1, 0.15) is 6.92 Å². The molecule has 0 radical (unpaired) electrons. The third kappa shape index (κ3) is 3.00. The van der Waals surface area contributed by atoms with Crippen LogP contribution in [-0.4, -0.2) is 64.8 Å². The number of aliphatic carboxylic acids is 1. The Bertz CT molecular complexity index is 316. The minimum atomic E-state index is -0.759. The van der Waals surface area contributed by atoms with E-state index in [1.165, 1.54) is 0 Å². The molecule has 7 heteroatoms. The highest BCUT2D eigenvalue weighted by molar-refractivity contribution is 7.80. The zero-order valence-electron chi connectivity index (χ0n) is 9.76. The van der Waals surface area contributed by atoms with Gasteiger partial charge in [-0.25, -0.2) is 0 Å². The van der Waals surface area contributed by atoms with E-state index in [0.717, 1.165) is 31.3 Å². The van der Waals surface area contributed by atoms with E-state index in [1.54, 1.807) is 6.92 Å². The van der Waals surface area contributed by atoms with E-state index in [1.807, 2.05) is 4.90 Å². The number of nitrogens with zero attached hydrogens (tertiary/aromatic N) is 2. The second-order valence-corrected chi connectivity index (χ2v) is 4.84. The highest BCUT2D eigenvalue weighted by atomic mass is 35.5. The van der Waals surface area contributed by atoms with Crippen molar-refractivity contribution in [3.05, 3.63) is 0 Å². The largest absolute Gasteiger partial charge is 0.481 e. The van der Waals surface area contributed by atoms with Gasteiger partial charge in [-0.1, -0.05) is 6.92 Å². The first kappa shape index (κ1) is 14.5. The highest BCUT2D eigenvalue weighted by Crippen LogP contribution is 2.18. The van der Waals surface area contributed by atoms with Crippen LogP contribution in [0.5, 0.6) is 0 Å². The number of hydrogen-bond donors (Lipinski definition) is 2. The fourth-order valence-electron chi connectivity index (χ4n) is 2.25. The molecule has 0 amide bonds. The molecule has 0 bridgehead atoms. The summed E-state index contributed by atoms with van der Waals surface area (Å²) in [6.45, 7) is 5.92. The van der Waals surface area contributed by atoms with Crippen LogP contribution < -0.4 is 5.32 Å². The van der Waals surface area contributed by atoms with Crippen molar-refractivity contribution in [3.8, 4) is 0 Å². The van der Waals surface area contributed by atoms with E-state index in [0.29, 0.717) is 12.6 Å². The van der Waals surface area contributed by atoms with Crippen molar-refractivity contribution in [2.45, 2.75) is 13.0 Å². The fraction of sp³-hybridized carbons (Fsp3) is 0.800. The van der Waals surface area contributed by atoms with Gasteiger partial charge in [-0.3, -0.25) is 4.79 Å². The van der Waals surface area contributed by atoms with Gasteiger partial charge in [-0.05, 0) is 12.2 Å². The normalized spacial score (nSPS) is 25.2.